The lowest BCUT2D eigenvalue weighted by atomic mass is 9.99. The number of likely N-dealkylation sites (tertiary alicyclic amines) is 1. The number of methoxy groups -OCH3 is 2. The summed E-state index contributed by atoms with van der Waals surface area (Å²) < 4.78 is 46.0. The molecule has 0 radical (unpaired) electrons. The van der Waals surface area contributed by atoms with Crippen molar-refractivity contribution in [3.8, 4) is 28.7 Å². The topological polar surface area (TPSA) is 105 Å². The summed E-state index contributed by atoms with van der Waals surface area (Å²) in [5.74, 6) is 2.68. The Balaban J connectivity index is 0.000000207. The van der Waals surface area contributed by atoms with Crippen molar-refractivity contribution >= 4 is 12.0 Å². The first-order valence-corrected chi connectivity index (χ1v) is 14.8. The molecule has 1 fully saturated rings. The Kier molecular flexibility index (Phi) is 11.3. The zero-order valence-electron chi connectivity index (χ0n) is 26.4. The number of carbonyl (C=O) groups excluding carboxylic acids is 2. The molecule has 0 saturated carbocycles. The first-order valence-electron chi connectivity index (χ1n) is 14.8. The van der Waals surface area contributed by atoms with Crippen LogP contribution in [0.1, 0.15) is 49.5 Å². The third-order valence-corrected chi connectivity index (χ3v) is 7.07. The number of hydrogen-bond acceptors (Lipinski definition) is 8. The average molecular weight is 625 g/mol. The molecule has 10 nitrogen and oxygen atoms in total. The van der Waals surface area contributed by atoms with E-state index in [1.807, 2.05) is 39.0 Å². The van der Waals surface area contributed by atoms with E-state index in [-0.39, 0.29) is 25.0 Å². The lowest BCUT2D eigenvalue weighted by Crippen LogP contribution is -2.44. The van der Waals surface area contributed by atoms with Gasteiger partial charge >= 0.3 is 6.09 Å². The van der Waals surface area contributed by atoms with Gasteiger partial charge in [-0.3, -0.25) is 4.79 Å². The van der Waals surface area contributed by atoms with E-state index in [0.717, 1.165) is 30.9 Å². The Morgan fingerprint density at radius 1 is 0.978 bits per heavy atom. The zero-order chi connectivity index (χ0) is 32.4. The van der Waals surface area contributed by atoms with Gasteiger partial charge in [-0.15, -0.1) is 0 Å². The van der Waals surface area contributed by atoms with Crippen molar-refractivity contribution in [2.75, 3.05) is 40.7 Å². The summed E-state index contributed by atoms with van der Waals surface area (Å²) in [7, 11) is 3.08. The van der Waals surface area contributed by atoms with Crippen LogP contribution in [0.15, 0.2) is 60.7 Å². The molecular weight excluding hydrogens is 583 g/mol. The molecule has 0 spiro atoms. The quantitative estimate of drug-likeness (QED) is 0.315. The summed E-state index contributed by atoms with van der Waals surface area (Å²) in [5, 5.41) is 2.67. The van der Waals surface area contributed by atoms with Crippen LogP contribution in [0.4, 0.5) is 9.18 Å². The summed E-state index contributed by atoms with van der Waals surface area (Å²) in [6, 6.07) is 16.7. The molecule has 11 heteroatoms. The van der Waals surface area contributed by atoms with Crippen LogP contribution in [-0.4, -0.2) is 63.2 Å². The summed E-state index contributed by atoms with van der Waals surface area (Å²) in [4.78, 5) is 26.0. The smallest absolute Gasteiger partial charge is 0.410 e. The number of nitrogens with one attached hydrogen (secondary N) is 1. The van der Waals surface area contributed by atoms with Gasteiger partial charge in [-0.2, -0.15) is 0 Å². The number of amides is 2. The predicted molar refractivity (Wildman–Crippen MR) is 166 cm³/mol. The van der Waals surface area contributed by atoms with Crippen LogP contribution < -0.4 is 29.0 Å². The minimum atomic E-state index is -0.554. The Morgan fingerprint density at radius 2 is 1.69 bits per heavy atom. The summed E-state index contributed by atoms with van der Waals surface area (Å²) in [5.41, 5.74) is 0.242. The minimum absolute atomic E-state index is 0.00589. The van der Waals surface area contributed by atoms with E-state index in [9.17, 15) is 14.0 Å². The van der Waals surface area contributed by atoms with Crippen molar-refractivity contribution < 1.29 is 42.4 Å². The number of hydrogen-bond donors (Lipinski definition) is 1. The van der Waals surface area contributed by atoms with E-state index >= 15 is 0 Å². The van der Waals surface area contributed by atoms with Gasteiger partial charge in [0, 0.05) is 25.1 Å². The molecule has 242 valence electrons. The predicted octanol–water partition coefficient (Wildman–Crippen LogP) is 6.21. The molecule has 1 saturated heterocycles. The number of ether oxygens (including phenoxy) is 6. The maximum absolute atomic E-state index is 13.5. The minimum Gasteiger partial charge on any atom is -0.496 e. The summed E-state index contributed by atoms with van der Waals surface area (Å²) in [6.07, 6.45) is 1.77. The van der Waals surface area contributed by atoms with Crippen LogP contribution >= 0.6 is 0 Å². The molecular formula is C34H41FN2O8. The van der Waals surface area contributed by atoms with Crippen LogP contribution in [0.3, 0.4) is 0 Å². The van der Waals surface area contributed by atoms with Crippen LogP contribution in [0.2, 0.25) is 0 Å². The van der Waals surface area contributed by atoms with Crippen LogP contribution in [0.5, 0.6) is 28.7 Å². The lowest BCUT2D eigenvalue weighted by Gasteiger charge is -2.34. The Hall–Kier alpha value is -4.67. The number of halogens is 1. The van der Waals surface area contributed by atoms with Gasteiger partial charge in [-0.1, -0.05) is 18.2 Å². The molecule has 45 heavy (non-hydrogen) atoms. The van der Waals surface area contributed by atoms with Gasteiger partial charge in [0.05, 0.1) is 38.5 Å². The second-order valence-electron chi connectivity index (χ2n) is 11.6. The van der Waals surface area contributed by atoms with Crippen molar-refractivity contribution in [2.45, 2.75) is 45.8 Å². The van der Waals surface area contributed by atoms with Gasteiger partial charge < -0.3 is 38.6 Å². The monoisotopic (exact) mass is 624 g/mol. The van der Waals surface area contributed by atoms with E-state index in [0.29, 0.717) is 41.9 Å². The second-order valence-corrected chi connectivity index (χ2v) is 11.6. The number of nitrogens with zero attached hydrogens (tertiary/aromatic N) is 1. The molecule has 1 unspecified atom stereocenters. The normalized spacial score (nSPS) is 15.3. The van der Waals surface area contributed by atoms with E-state index in [1.54, 1.807) is 29.2 Å². The van der Waals surface area contributed by atoms with Crippen molar-refractivity contribution in [2.24, 2.45) is 5.92 Å². The van der Waals surface area contributed by atoms with Crippen LogP contribution in [0.25, 0.3) is 0 Å². The molecule has 2 aliphatic heterocycles. The van der Waals surface area contributed by atoms with Crippen LogP contribution in [-0.2, 0) is 11.3 Å². The highest BCUT2D eigenvalue weighted by Gasteiger charge is 2.28. The van der Waals surface area contributed by atoms with Gasteiger partial charge in [-0.05, 0) is 70.0 Å². The molecule has 2 aliphatic rings. The van der Waals surface area contributed by atoms with Crippen molar-refractivity contribution in [3.05, 3.63) is 77.6 Å². The number of piperidine rings is 1. The highest BCUT2D eigenvalue weighted by Crippen LogP contribution is 2.35. The van der Waals surface area contributed by atoms with Crippen molar-refractivity contribution in [1.82, 2.24) is 10.2 Å². The molecule has 3 aromatic rings. The molecule has 0 bridgehead atoms. The number of rotatable bonds is 8. The third kappa shape index (κ3) is 9.41. The van der Waals surface area contributed by atoms with Gasteiger partial charge in [0.2, 0.25) is 6.79 Å². The standard InChI is InChI=1S/C18H25NO5.C16H16FNO3/c1-18(2,3)24-17(20)19-8-4-5-13(10-19)11-21-14-6-7-15-16(9-14)23-12-22-15;1-20-14-8-5-9-15(21-2)12(14)10-18-16(19)11-6-3-4-7-13(11)17/h6-7,9,13H,4-5,8,10-12H2,1-3H3;3-9H,10H2,1-2H3,(H,18,19). The summed E-state index contributed by atoms with van der Waals surface area (Å²) >= 11 is 0. The fourth-order valence-corrected chi connectivity index (χ4v) is 4.89. The highest BCUT2D eigenvalue weighted by atomic mass is 19.1. The van der Waals surface area contributed by atoms with Gasteiger partial charge in [0.25, 0.3) is 5.91 Å². The van der Waals surface area contributed by atoms with Gasteiger partial charge in [0.15, 0.2) is 11.5 Å². The van der Waals surface area contributed by atoms with E-state index in [4.69, 9.17) is 28.4 Å². The van der Waals surface area contributed by atoms with Gasteiger partial charge in [-0.25, -0.2) is 9.18 Å². The molecule has 1 N–H and O–H groups in total. The molecule has 1 atom stereocenters. The van der Waals surface area contributed by atoms with Gasteiger partial charge in [0.1, 0.15) is 28.7 Å². The molecule has 3 aromatic carbocycles. The van der Waals surface area contributed by atoms with Crippen molar-refractivity contribution in [3.63, 3.8) is 0 Å². The molecule has 0 aromatic heterocycles. The Morgan fingerprint density at radius 3 is 2.38 bits per heavy atom. The SMILES string of the molecule is CC(C)(C)OC(=O)N1CCCC(COc2ccc3c(c2)OCO3)C1.COc1cccc(OC)c1CNC(=O)c1ccccc1F. The Bertz CT molecular complexity index is 1440. The fourth-order valence-electron chi connectivity index (χ4n) is 4.89. The average Bonchev–Trinajstić information content (AvgIpc) is 3.50. The molecule has 2 heterocycles. The van der Waals surface area contributed by atoms with E-state index < -0.39 is 17.3 Å². The molecule has 5 rings (SSSR count). The largest absolute Gasteiger partial charge is 0.496 e. The zero-order valence-corrected chi connectivity index (χ0v) is 26.4. The third-order valence-electron chi connectivity index (χ3n) is 7.07. The first-order chi connectivity index (χ1) is 21.6. The number of carbonyl (C=O) groups is 2. The number of fused-ring (bicyclic) bond motifs is 1. The van der Waals surface area contributed by atoms with Crippen LogP contribution in [0, 0.1) is 11.7 Å². The second kappa shape index (κ2) is 15.4. The highest BCUT2D eigenvalue weighted by molar-refractivity contribution is 5.94. The fraction of sp³-hybridized carbons (Fsp3) is 0.412. The summed E-state index contributed by atoms with van der Waals surface area (Å²) in [6.45, 7) is 8.07. The lowest BCUT2D eigenvalue weighted by molar-refractivity contribution is 0.0139. The Labute approximate surface area is 263 Å². The number of benzene rings is 3. The molecule has 0 aliphatic carbocycles. The molecule has 2 amide bonds. The van der Waals surface area contributed by atoms with Crippen molar-refractivity contribution in [1.29, 1.82) is 0 Å². The van der Waals surface area contributed by atoms with E-state index in [2.05, 4.69) is 5.32 Å². The maximum Gasteiger partial charge on any atom is 0.410 e. The maximum atomic E-state index is 13.5. The first kappa shape index (κ1) is 33.2. The van der Waals surface area contributed by atoms with E-state index in [1.165, 1.54) is 32.4 Å².